The number of nitrogens with one attached hydrogen (secondary N) is 1. The van der Waals surface area contributed by atoms with Crippen LogP contribution < -0.4 is 5.32 Å². The van der Waals surface area contributed by atoms with Gasteiger partial charge < -0.3 is 15.2 Å². The second kappa shape index (κ2) is 9.66. The van der Waals surface area contributed by atoms with Gasteiger partial charge in [-0.1, -0.05) is 55.3 Å². The molecule has 1 amide bonds. The molecule has 2 aromatic rings. The number of ether oxygens (including phenoxy) is 1. The maximum absolute atomic E-state index is 13.9. The van der Waals surface area contributed by atoms with Crippen LogP contribution in [-0.2, 0) is 14.9 Å². The van der Waals surface area contributed by atoms with Crippen molar-refractivity contribution in [1.29, 1.82) is 0 Å². The number of hydrogen-bond acceptors (Lipinski definition) is 4. The van der Waals surface area contributed by atoms with Crippen molar-refractivity contribution < 1.29 is 27.8 Å². The SMILES string of the molecule is COC12CCCC[C@@]1(c1cccc(O)c1)C[C@@H](NC(=O)C(=Cc1ccccc1)C(F)(F)F)N(C)C2. The molecule has 1 aliphatic carbocycles. The lowest BCUT2D eigenvalue weighted by Crippen LogP contribution is -2.69. The van der Waals surface area contributed by atoms with Crippen LogP contribution in [0.4, 0.5) is 13.2 Å². The predicted molar refractivity (Wildman–Crippen MR) is 128 cm³/mol. The van der Waals surface area contributed by atoms with Crippen LogP contribution in [-0.4, -0.2) is 54.6 Å². The fourth-order valence-electron chi connectivity index (χ4n) is 5.89. The number of likely N-dealkylation sites (N-methyl/N-ethyl adjacent to an activating group) is 1. The number of rotatable bonds is 5. The minimum absolute atomic E-state index is 0.122. The quantitative estimate of drug-likeness (QED) is 0.581. The minimum atomic E-state index is -4.81. The van der Waals surface area contributed by atoms with E-state index in [2.05, 4.69) is 5.32 Å². The first-order chi connectivity index (χ1) is 16.6. The number of hydrogen-bond donors (Lipinski definition) is 2. The van der Waals surface area contributed by atoms with E-state index in [0.717, 1.165) is 37.3 Å². The second-order valence-corrected chi connectivity index (χ2v) is 9.61. The Labute approximate surface area is 203 Å². The van der Waals surface area contributed by atoms with E-state index in [-0.39, 0.29) is 5.75 Å². The average molecular weight is 489 g/mol. The van der Waals surface area contributed by atoms with Gasteiger partial charge >= 0.3 is 6.18 Å². The maximum Gasteiger partial charge on any atom is 0.421 e. The molecule has 0 aromatic heterocycles. The van der Waals surface area contributed by atoms with Gasteiger partial charge in [-0.2, -0.15) is 13.2 Å². The smallest absolute Gasteiger partial charge is 0.421 e. The summed E-state index contributed by atoms with van der Waals surface area (Å²) in [5.41, 5.74) is -1.21. The zero-order valence-electron chi connectivity index (χ0n) is 19.9. The van der Waals surface area contributed by atoms with Crippen LogP contribution in [0.15, 0.2) is 60.2 Å². The van der Waals surface area contributed by atoms with E-state index in [0.29, 0.717) is 18.5 Å². The number of aromatic hydroxyl groups is 1. The standard InChI is InChI=1S/C27H31F3N2O3/c1-32-18-26(35-2)14-7-6-13-25(26,20-11-8-12-21(33)16-20)17-23(32)31-24(34)22(27(28,29)30)15-19-9-4-3-5-10-19/h3-5,8-12,15-16,23,33H,6-7,13-14,17-18H2,1-2H3,(H,31,34)/t23-,25-,26?/m0/s1. The van der Waals surface area contributed by atoms with Crippen molar-refractivity contribution in [3.8, 4) is 5.75 Å². The van der Waals surface area contributed by atoms with Gasteiger partial charge in [-0.05, 0) is 55.6 Å². The molecule has 5 nitrogen and oxygen atoms in total. The van der Waals surface area contributed by atoms with E-state index in [4.69, 9.17) is 4.74 Å². The molecule has 1 heterocycles. The molecule has 0 bridgehead atoms. The summed E-state index contributed by atoms with van der Waals surface area (Å²) in [6.07, 6.45) is -0.789. The van der Waals surface area contributed by atoms with Crippen LogP contribution in [0.3, 0.4) is 0 Å². The second-order valence-electron chi connectivity index (χ2n) is 9.61. The number of methoxy groups -OCH3 is 1. The van der Waals surface area contributed by atoms with Gasteiger partial charge in [0.2, 0.25) is 0 Å². The zero-order valence-corrected chi connectivity index (χ0v) is 19.9. The Morgan fingerprint density at radius 2 is 1.86 bits per heavy atom. The molecule has 2 aromatic carbocycles. The summed E-state index contributed by atoms with van der Waals surface area (Å²) in [6.45, 7) is 0.438. The molecule has 188 valence electrons. The maximum atomic E-state index is 13.9. The van der Waals surface area contributed by atoms with E-state index in [1.165, 1.54) is 12.1 Å². The molecular weight excluding hydrogens is 457 g/mol. The minimum Gasteiger partial charge on any atom is -0.508 e. The molecule has 8 heteroatoms. The third-order valence-electron chi connectivity index (χ3n) is 7.63. The largest absolute Gasteiger partial charge is 0.508 e. The van der Waals surface area contributed by atoms with E-state index < -0.39 is 34.8 Å². The first-order valence-corrected chi connectivity index (χ1v) is 11.8. The Bertz CT molecular complexity index is 1090. The number of carbonyl (C=O) groups is 1. The van der Waals surface area contributed by atoms with Crippen LogP contribution >= 0.6 is 0 Å². The lowest BCUT2D eigenvalue weighted by molar-refractivity contribution is -0.161. The Morgan fingerprint density at radius 3 is 2.51 bits per heavy atom. The van der Waals surface area contributed by atoms with Crippen molar-refractivity contribution >= 4 is 12.0 Å². The number of nitrogens with zero attached hydrogens (tertiary/aromatic N) is 1. The molecule has 2 N–H and O–H groups in total. The molecule has 0 radical (unpaired) electrons. The highest BCUT2D eigenvalue weighted by Crippen LogP contribution is 2.54. The molecule has 1 saturated heterocycles. The lowest BCUT2D eigenvalue weighted by atomic mass is 9.55. The van der Waals surface area contributed by atoms with Crippen molar-refractivity contribution in [3.05, 3.63) is 71.3 Å². The number of fused-ring (bicyclic) bond motifs is 1. The number of amides is 1. The number of benzene rings is 2. The number of alkyl halides is 3. The summed E-state index contributed by atoms with van der Waals surface area (Å²) in [5.74, 6) is -1.04. The summed E-state index contributed by atoms with van der Waals surface area (Å²) in [7, 11) is 3.46. The van der Waals surface area contributed by atoms with Gasteiger partial charge in [0.05, 0.1) is 11.8 Å². The normalized spacial score (nSPS) is 27.8. The van der Waals surface area contributed by atoms with Crippen LogP contribution in [0, 0.1) is 0 Å². The van der Waals surface area contributed by atoms with Crippen LogP contribution in [0.1, 0.15) is 43.2 Å². The average Bonchev–Trinajstić information content (AvgIpc) is 2.83. The predicted octanol–water partition coefficient (Wildman–Crippen LogP) is 5.01. The molecule has 35 heavy (non-hydrogen) atoms. The van der Waals surface area contributed by atoms with Gasteiger partial charge in [-0.3, -0.25) is 9.69 Å². The van der Waals surface area contributed by atoms with Gasteiger partial charge in [0, 0.05) is 19.1 Å². The Morgan fingerprint density at radius 1 is 1.14 bits per heavy atom. The number of carbonyl (C=O) groups excluding carboxylic acids is 1. The highest BCUT2D eigenvalue weighted by Gasteiger charge is 2.59. The summed E-state index contributed by atoms with van der Waals surface area (Å²) in [6, 6.07) is 15.0. The van der Waals surface area contributed by atoms with Crippen LogP contribution in [0.25, 0.3) is 6.08 Å². The molecule has 2 aliphatic rings. The Hall–Kier alpha value is -2.84. The first kappa shape index (κ1) is 25.3. The molecule has 1 saturated carbocycles. The molecule has 0 spiro atoms. The first-order valence-electron chi connectivity index (χ1n) is 11.8. The number of halogens is 3. The van der Waals surface area contributed by atoms with Gasteiger partial charge in [-0.25, -0.2) is 0 Å². The molecule has 4 rings (SSSR count). The third kappa shape index (κ3) is 4.82. The molecule has 3 atom stereocenters. The molecule has 1 aliphatic heterocycles. The molecule has 2 fully saturated rings. The highest BCUT2D eigenvalue weighted by molar-refractivity contribution is 5.99. The number of piperidine rings is 1. The summed E-state index contributed by atoms with van der Waals surface area (Å²) in [4.78, 5) is 14.9. The van der Waals surface area contributed by atoms with E-state index in [1.807, 2.05) is 11.0 Å². The van der Waals surface area contributed by atoms with Gasteiger partial charge in [-0.15, -0.1) is 0 Å². The number of likely N-dealkylation sites (tertiary alicyclic amines) is 1. The van der Waals surface area contributed by atoms with Crippen molar-refractivity contribution in [1.82, 2.24) is 10.2 Å². The lowest BCUT2D eigenvalue weighted by Gasteiger charge is -2.60. The zero-order chi connectivity index (χ0) is 25.3. The highest BCUT2D eigenvalue weighted by atomic mass is 19.4. The fraction of sp³-hybridized carbons (Fsp3) is 0.444. The summed E-state index contributed by atoms with van der Waals surface area (Å²) >= 11 is 0. The number of phenolic OH excluding ortho intramolecular Hbond substituents is 1. The van der Waals surface area contributed by atoms with Crippen LogP contribution in [0.2, 0.25) is 0 Å². The van der Waals surface area contributed by atoms with E-state index in [1.54, 1.807) is 50.6 Å². The number of phenols is 1. The van der Waals surface area contributed by atoms with Gasteiger partial charge in [0.1, 0.15) is 11.3 Å². The van der Waals surface area contributed by atoms with Crippen molar-refractivity contribution in [2.45, 2.75) is 55.5 Å². The van der Waals surface area contributed by atoms with Crippen molar-refractivity contribution in [3.63, 3.8) is 0 Å². The monoisotopic (exact) mass is 488 g/mol. The molecule has 1 unspecified atom stereocenters. The third-order valence-corrected chi connectivity index (χ3v) is 7.63. The van der Waals surface area contributed by atoms with E-state index in [9.17, 15) is 23.1 Å². The van der Waals surface area contributed by atoms with Gasteiger partial charge in [0.25, 0.3) is 5.91 Å². The van der Waals surface area contributed by atoms with E-state index >= 15 is 0 Å². The summed E-state index contributed by atoms with van der Waals surface area (Å²) < 4.78 is 47.8. The van der Waals surface area contributed by atoms with Gasteiger partial charge in [0.15, 0.2) is 0 Å². The van der Waals surface area contributed by atoms with Crippen LogP contribution in [0.5, 0.6) is 5.75 Å². The topological polar surface area (TPSA) is 61.8 Å². The Kier molecular flexibility index (Phi) is 6.97. The molecular formula is C27H31F3N2O3. The fourth-order valence-corrected chi connectivity index (χ4v) is 5.89. The Balaban J connectivity index is 1.69. The van der Waals surface area contributed by atoms with Crippen molar-refractivity contribution in [2.24, 2.45) is 0 Å². The van der Waals surface area contributed by atoms with Crippen molar-refractivity contribution in [2.75, 3.05) is 20.7 Å². The summed E-state index contributed by atoms with van der Waals surface area (Å²) in [5, 5.41) is 12.9.